The second-order valence-electron chi connectivity index (χ2n) is 6.98. The number of likely N-dealkylation sites (tertiary alicyclic amines) is 1. The number of hydrogen-bond donors (Lipinski definition) is 3. The van der Waals surface area contributed by atoms with Gasteiger partial charge in [-0.15, -0.1) is 0 Å². The van der Waals surface area contributed by atoms with Gasteiger partial charge in [-0.3, -0.25) is 9.59 Å². The number of halogens is 1. The first-order valence-electron chi connectivity index (χ1n) is 9.26. The van der Waals surface area contributed by atoms with Gasteiger partial charge in [0, 0.05) is 18.1 Å². The minimum absolute atomic E-state index is 0.0469. The quantitative estimate of drug-likeness (QED) is 0.498. The molecule has 1 aromatic carbocycles. The van der Waals surface area contributed by atoms with Crippen molar-refractivity contribution >= 4 is 33.4 Å². The number of nitrogens with one attached hydrogen (secondary N) is 2. The van der Waals surface area contributed by atoms with Gasteiger partial charge in [-0.05, 0) is 63.5 Å². The first-order valence-corrected chi connectivity index (χ1v) is 11.1. The molecule has 8 nitrogen and oxygen atoms in total. The van der Waals surface area contributed by atoms with Gasteiger partial charge in [-0.1, -0.05) is 11.6 Å². The first-order chi connectivity index (χ1) is 13.2. The summed E-state index contributed by atoms with van der Waals surface area (Å²) in [7, 11) is -3.80. The van der Waals surface area contributed by atoms with E-state index in [1.54, 1.807) is 0 Å². The lowest BCUT2D eigenvalue weighted by Gasteiger charge is -2.31. The van der Waals surface area contributed by atoms with Gasteiger partial charge in [0.1, 0.15) is 0 Å². The van der Waals surface area contributed by atoms with Gasteiger partial charge in [0.15, 0.2) is 0 Å². The van der Waals surface area contributed by atoms with Crippen LogP contribution in [-0.2, 0) is 19.6 Å². The molecule has 1 unspecified atom stereocenters. The van der Waals surface area contributed by atoms with E-state index in [1.807, 2.05) is 0 Å². The third kappa shape index (κ3) is 6.73. The van der Waals surface area contributed by atoms with Crippen LogP contribution >= 0.6 is 11.6 Å². The monoisotopic (exact) mass is 430 g/mol. The molecule has 156 valence electrons. The van der Waals surface area contributed by atoms with E-state index in [4.69, 9.17) is 17.3 Å². The van der Waals surface area contributed by atoms with Crippen LogP contribution in [0.2, 0.25) is 5.02 Å². The standard InChI is InChI=1S/C18H27ClN4O4S/c1-13(22-28(26,27)16-7-5-15(19)6-8-16)18(25)21-9-3-11-23-10-2-4-14(12-23)17(20)24/h5-8,13-14,22H,2-4,9-12H2,1H3,(H2,20,24)(H,21,25)/t13-,14?/m0/s1. The fourth-order valence-corrected chi connectivity index (χ4v) is 4.46. The number of nitrogens with zero attached hydrogens (tertiary/aromatic N) is 1. The highest BCUT2D eigenvalue weighted by Gasteiger charge is 2.24. The number of piperidine rings is 1. The minimum Gasteiger partial charge on any atom is -0.369 e. The topological polar surface area (TPSA) is 122 Å². The molecule has 0 aromatic heterocycles. The van der Waals surface area contributed by atoms with Crippen molar-refractivity contribution in [2.24, 2.45) is 11.7 Å². The van der Waals surface area contributed by atoms with E-state index in [0.717, 1.165) is 25.9 Å². The summed E-state index contributed by atoms with van der Waals surface area (Å²) < 4.78 is 27.0. The molecule has 1 saturated heterocycles. The van der Waals surface area contributed by atoms with Crippen molar-refractivity contribution in [1.29, 1.82) is 0 Å². The number of rotatable bonds is 9. The molecule has 10 heteroatoms. The molecular weight excluding hydrogens is 404 g/mol. The lowest BCUT2D eigenvalue weighted by molar-refractivity contribution is -0.123. The lowest BCUT2D eigenvalue weighted by Crippen LogP contribution is -2.45. The molecular formula is C18H27ClN4O4S. The maximum atomic E-state index is 12.3. The van der Waals surface area contributed by atoms with Crippen LogP contribution in [0.25, 0.3) is 0 Å². The molecule has 1 heterocycles. The Balaban J connectivity index is 1.73. The highest BCUT2D eigenvalue weighted by atomic mass is 35.5. The minimum atomic E-state index is -3.80. The maximum absolute atomic E-state index is 12.3. The van der Waals surface area contributed by atoms with Gasteiger partial charge < -0.3 is 16.0 Å². The molecule has 4 N–H and O–H groups in total. The predicted octanol–water partition coefficient (Wildman–Crippen LogP) is 0.710. The summed E-state index contributed by atoms with van der Waals surface area (Å²) >= 11 is 5.76. The van der Waals surface area contributed by atoms with E-state index in [0.29, 0.717) is 24.5 Å². The van der Waals surface area contributed by atoms with Crippen molar-refractivity contribution in [2.75, 3.05) is 26.2 Å². The summed E-state index contributed by atoms with van der Waals surface area (Å²) in [5, 5.41) is 3.16. The zero-order valence-corrected chi connectivity index (χ0v) is 17.4. The largest absolute Gasteiger partial charge is 0.369 e. The highest BCUT2D eigenvalue weighted by molar-refractivity contribution is 7.89. The van der Waals surface area contributed by atoms with Crippen molar-refractivity contribution in [3.05, 3.63) is 29.3 Å². The van der Waals surface area contributed by atoms with Crippen LogP contribution in [0.15, 0.2) is 29.2 Å². The van der Waals surface area contributed by atoms with Gasteiger partial charge in [0.25, 0.3) is 0 Å². The number of primary amides is 1. The van der Waals surface area contributed by atoms with E-state index >= 15 is 0 Å². The Labute approximate surface area is 170 Å². The summed E-state index contributed by atoms with van der Waals surface area (Å²) in [4.78, 5) is 25.7. The zero-order chi connectivity index (χ0) is 20.7. The zero-order valence-electron chi connectivity index (χ0n) is 15.9. The molecule has 28 heavy (non-hydrogen) atoms. The van der Waals surface area contributed by atoms with Crippen LogP contribution in [0.4, 0.5) is 0 Å². The molecule has 0 bridgehead atoms. The molecule has 1 aromatic rings. The fraction of sp³-hybridized carbons (Fsp3) is 0.556. The molecule has 1 aliphatic rings. The number of amides is 2. The molecule has 0 aliphatic carbocycles. The second kappa shape index (κ2) is 10.2. The smallest absolute Gasteiger partial charge is 0.241 e. The summed E-state index contributed by atoms with van der Waals surface area (Å²) in [6.45, 7) is 4.22. The average Bonchev–Trinajstić information content (AvgIpc) is 2.65. The van der Waals surface area contributed by atoms with Crippen LogP contribution in [0.1, 0.15) is 26.2 Å². The predicted molar refractivity (Wildman–Crippen MR) is 107 cm³/mol. The van der Waals surface area contributed by atoms with Crippen LogP contribution in [0, 0.1) is 5.92 Å². The molecule has 2 rings (SSSR count). The molecule has 1 aliphatic heterocycles. The Morgan fingerprint density at radius 1 is 1.32 bits per heavy atom. The Morgan fingerprint density at radius 3 is 2.64 bits per heavy atom. The highest BCUT2D eigenvalue weighted by Crippen LogP contribution is 2.16. The van der Waals surface area contributed by atoms with Crippen LogP contribution in [-0.4, -0.2) is 57.4 Å². The van der Waals surface area contributed by atoms with Gasteiger partial charge >= 0.3 is 0 Å². The number of carbonyl (C=O) groups excluding carboxylic acids is 2. The summed E-state index contributed by atoms with van der Waals surface area (Å²) in [5.74, 6) is -0.767. The number of nitrogens with two attached hydrogens (primary N) is 1. The number of carbonyl (C=O) groups is 2. The number of benzene rings is 1. The Bertz CT molecular complexity index is 785. The molecule has 1 fully saturated rings. The van der Waals surface area contributed by atoms with Crippen LogP contribution < -0.4 is 15.8 Å². The normalized spacial score (nSPS) is 19.1. The summed E-state index contributed by atoms with van der Waals surface area (Å²) in [6.07, 6.45) is 2.46. The van der Waals surface area contributed by atoms with Crippen molar-refractivity contribution in [3.63, 3.8) is 0 Å². The van der Waals surface area contributed by atoms with Crippen molar-refractivity contribution in [1.82, 2.24) is 14.9 Å². The van der Waals surface area contributed by atoms with E-state index in [-0.39, 0.29) is 16.7 Å². The fourth-order valence-electron chi connectivity index (χ4n) is 3.13. The SMILES string of the molecule is C[C@H](NS(=O)(=O)c1ccc(Cl)cc1)C(=O)NCCCN1CCCC(C(N)=O)C1. The second-order valence-corrected chi connectivity index (χ2v) is 9.13. The van der Waals surface area contributed by atoms with Gasteiger partial charge in [0.05, 0.1) is 16.9 Å². The van der Waals surface area contributed by atoms with Crippen molar-refractivity contribution in [3.8, 4) is 0 Å². The molecule has 2 amide bonds. The molecule has 0 saturated carbocycles. The molecule has 0 spiro atoms. The first kappa shape index (κ1) is 22.6. The van der Waals surface area contributed by atoms with E-state index in [1.165, 1.54) is 31.2 Å². The molecule has 0 radical (unpaired) electrons. The van der Waals surface area contributed by atoms with Crippen molar-refractivity contribution < 1.29 is 18.0 Å². The Kier molecular flexibility index (Phi) is 8.23. The van der Waals surface area contributed by atoms with E-state index in [2.05, 4.69) is 14.9 Å². The Morgan fingerprint density at radius 2 is 2.00 bits per heavy atom. The third-order valence-electron chi connectivity index (χ3n) is 4.71. The van der Waals surface area contributed by atoms with Crippen LogP contribution in [0.5, 0.6) is 0 Å². The van der Waals surface area contributed by atoms with Gasteiger partial charge in [0.2, 0.25) is 21.8 Å². The number of sulfonamides is 1. The average molecular weight is 431 g/mol. The summed E-state index contributed by atoms with van der Waals surface area (Å²) in [6, 6.07) is 4.81. The number of hydrogen-bond acceptors (Lipinski definition) is 5. The van der Waals surface area contributed by atoms with Gasteiger partial charge in [-0.2, -0.15) is 4.72 Å². The van der Waals surface area contributed by atoms with Crippen molar-refractivity contribution in [2.45, 2.75) is 37.1 Å². The van der Waals surface area contributed by atoms with Crippen LogP contribution in [0.3, 0.4) is 0 Å². The Hall–Kier alpha value is -1.68. The maximum Gasteiger partial charge on any atom is 0.241 e. The summed E-state index contributed by atoms with van der Waals surface area (Å²) in [5.41, 5.74) is 5.37. The van der Waals surface area contributed by atoms with Gasteiger partial charge in [-0.25, -0.2) is 8.42 Å². The third-order valence-corrected chi connectivity index (χ3v) is 6.52. The van der Waals surface area contributed by atoms with E-state index in [9.17, 15) is 18.0 Å². The lowest BCUT2D eigenvalue weighted by atomic mass is 9.97. The molecule has 2 atom stereocenters. The van der Waals surface area contributed by atoms with E-state index < -0.39 is 22.0 Å².